The molecule has 1 heterocycles. The molecule has 1 N–H and O–H groups in total. The molecule has 5 heteroatoms. The van der Waals surface area contributed by atoms with Crippen LogP contribution in [0.4, 0.5) is 8.78 Å². The molecule has 112 valence electrons. The van der Waals surface area contributed by atoms with E-state index in [1.165, 1.54) is 12.1 Å². The average Bonchev–Trinajstić information content (AvgIpc) is 2.47. The molecule has 0 radical (unpaired) electrons. The third-order valence-corrected chi connectivity index (χ3v) is 3.63. The quantitative estimate of drug-likeness (QED) is 0.831. The highest BCUT2D eigenvalue weighted by molar-refractivity contribution is 9.10. The molecule has 2 rings (SSSR count). The van der Waals surface area contributed by atoms with Crippen LogP contribution in [0.25, 0.3) is 0 Å². The second-order valence-corrected chi connectivity index (χ2v) is 5.81. The highest BCUT2D eigenvalue weighted by atomic mass is 79.9. The van der Waals surface area contributed by atoms with Crippen LogP contribution in [0, 0.1) is 11.6 Å². The summed E-state index contributed by atoms with van der Waals surface area (Å²) in [5.74, 6) is -1.63. The van der Waals surface area contributed by atoms with Crippen molar-refractivity contribution in [2.45, 2.75) is 25.8 Å². The van der Waals surface area contributed by atoms with Crippen molar-refractivity contribution in [2.75, 3.05) is 6.54 Å². The Bertz CT molecular complexity index is 605. The third-order valence-electron chi connectivity index (χ3n) is 3.19. The summed E-state index contributed by atoms with van der Waals surface area (Å²) in [6.45, 7) is 2.93. The SMILES string of the molecule is CCCNC(Cc1ccc(F)c(F)c1)c1cncc(Br)c1. The smallest absolute Gasteiger partial charge is 0.159 e. The Balaban J connectivity index is 2.21. The minimum Gasteiger partial charge on any atom is -0.310 e. The van der Waals surface area contributed by atoms with E-state index in [1.807, 2.05) is 6.07 Å². The fourth-order valence-electron chi connectivity index (χ4n) is 2.15. The molecule has 0 aliphatic rings. The zero-order valence-electron chi connectivity index (χ0n) is 11.7. The molecular formula is C16H17BrF2N2. The van der Waals surface area contributed by atoms with Crippen molar-refractivity contribution in [1.82, 2.24) is 10.3 Å². The van der Waals surface area contributed by atoms with E-state index in [1.54, 1.807) is 18.5 Å². The van der Waals surface area contributed by atoms with Gasteiger partial charge in [0, 0.05) is 22.9 Å². The Labute approximate surface area is 131 Å². The van der Waals surface area contributed by atoms with Gasteiger partial charge in [-0.25, -0.2) is 8.78 Å². The molecule has 0 amide bonds. The molecule has 2 nitrogen and oxygen atoms in total. The largest absolute Gasteiger partial charge is 0.310 e. The van der Waals surface area contributed by atoms with Crippen LogP contribution in [0.2, 0.25) is 0 Å². The summed E-state index contributed by atoms with van der Waals surface area (Å²) >= 11 is 3.41. The van der Waals surface area contributed by atoms with Crippen LogP contribution in [-0.2, 0) is 6.42 Å². The van der Waals surface area contributed by atoms with Crippen molar-refractivity contribution < 1.29 is 8.78 Å². The maximum Gasteiger partial charge on any atom is 0.159 e. The predicted molar refractivity (Wildman–Crippen MR) is 83.0 cm³/mol. The summed E-state index contributed by atoms with van der Waals surface area (Å²) in [6, 6.07) is 6.03. The molecule has 1 atom stereocenters. The summed E-state index contributed by atoms with van der Waals surface area (Å²) in [4.78, 5) is 4.17. The number of hydrogen-bond acceptors (Lipinski definition) is 2. The average molecular weight is 355 g/mol. The summed E-state index contributed by atoms with van der Waals surface area (Å²) in [7, 11) is 0. The minimum absolute atomic E-state index is 0.0137. The lowest BCUT2D eigenvalue weighted by Gasteiger charge is -2.19. The number of benzene rings is 1. The van der Waals surface area contributed by atoms with E-state index < -0.39 is 11.6 Å². The molecule has 0 aliphatic carbocycles. The predicted octanol–water partition coefficient (Wildman–Crippen LogP) is 4.41. The van der Waals surface area contributed by atoms with Crippen LogP contribution in [-0.4, -0.2) is 11.5 Å². The maximum atomic E-state index is 13.3. The summed E-state index contributed by atoms with van der Waals surface area (Å²) in [5, 5.41) is 3.42. The lowest BCUT2D eigenvalue weighted by atomic mass is 10.00. The van der Waals surface area contributed by atoms with Gasteiger partial charge in [0.05, 0.1) is 0 Å². The Morgan fingerprint density at radius 2 is 2.00 bits per heavy atom. The highest BCUT2D eigenvalue weighted by Gasteiger charge is 2.13. The van der Waals surface area contributed by atoms with Gasteiger partial charge in [-0.15, -0.1) is 0 Å². The second kappa shape index (κ2) is 7.61. The zero-order valence-corrected chi connectivity index (χ0v) is 13.3. The fourth-order valence-corrected chi connectivity index (χ4v) is 2.53. The lowest BCUT2D eigenvalue weighted by molar-refractivity contribution is 0.499. The topological polar surface area (TPSA) is 24.9 Å². The molecule has 0 fully saturated rings. The van der Waals surface area contributed by atoms with E-state index in [9.17, 15) is 8.78 Å². The Kier molecular flexibility index (Phi) is 5.82. The number of nitrogens with one attached hydrogen (secondary N) is 1. The maximum absolute atomic E-state index is 13.3. The van der Waals surface area contributed by atoms with E-state index >= 15 is 0 Å². The van der Waals surface area contributed by atoms with Gasteiger partial charge < -0.3 is 5.32 Å². The Morgan fingerprint density at radius 1 is 1.19 bits per heavy atom. The van der Waals surface area contributed by atoms with E-state index in [-0.39, 0.29) is 6.04 Å². The van der Waals surface area contributed by atoms with Crippen LogP contribution < -0.4 is 5.32 Å². The van der Waals surface area contributed by atoms with E-state index in [0.29, 0.717) is 6.42 Å². The standard InChI is InChI=1S/C16H17BrF2N2/c1-2-5-21-16(12-8-13(17)10-20-9-12)7-11-3-4-14(18)15(19)6-11/h3-4,6,8-10,16,21H,2,5,7H2,1H3. The van der Waals surface area contributed by atoms with Gasteiger partial charge in [0.2, 0.25) is 0 Å². The number of aromatic nitrogens is 1. The van der Waals surface area contributed by atoms with Gasteiger partial charge in [-0.1, -0.05) is 13.0 Å². The summed E-state index contributed by atoms with van der Waals surface area (Å²) in [6.07, 6.45) is 5.08. The van der Waals surface area contributed by atoms with Gasteiger partial charge >= 0.3 is 0 Å². The Morgan fingerprint density at radius 3 is 2.67 bits per heavy atom. The molecule has 21 heavy (non-hydrogen) atoms. The van der Waals surface area contributed by atoms with Crippen molar-refractivity contribution in [3.63, 3.8) is 0 Å². The normalized spacial score (nSPS) is 12.4. The van der Waals surface area contributed by atoms with Gasteiger partial charge in [0.25, 0.3) is 0 Å². The Hall–Kier alpha value is -1.33. The van der Waals surface area contributed by atoms with Gasteiger partial charge in [-0.05, 0) is 64.6 Å². The third kappa shape index (κ3) is 4.58. The molecule has 0 aliphatic heterocycles. The molecule has 1 aromatic carbocycles. The van der Waals surface area contributed by atoms with Gasteiger partial charge in [-0.3, -0.25) is 4.98 Å². The van der Waals surface area contributed by atoms with E-state index in [4.69, 9.17) is 0 Å². The molecule has 1 aromatic heterocycles. The highest BCUT2D eigenvalue weighted by Crippen LogP contribution is 2.22. The number of halogens is 3. The fraction of sp³-hybridized carbons (Fsp3) is 0.312. The van der Waals surface area contributed by atoms with Crippen molar-refractivity contribution in [1.29, 1.82) is 0 Å². The lowest BCUT2D eigenvalue weighted by Crippen LogP contribution is -2.24. The number of nitrogens with zero attached hydrogens (tertiary/aromatic N) is 1. The molecule has 0 spiro atoms. The second-order valence-electron chi connectivity index (χ2n) is 4.90. The first-order chi connectivity index (χ1) is 10.1. The first kappa shape index (κ1) is 16.0. The number of rotatable bonds is 6. The molecule has 1 unspecified atom stereocenters. The first-order valence-corrected chi connectivity index (χ1v) is 7.67. The summed E-state index contributed by atoms with van der Waals surface area (Å²) in [5.41, 5.74) is 1.77. The molecule has 2 aromatic rings. The van der Waals surface area contributed by atoms with Gasteiger partial charge in [0.15, 0.2) is 11.6 Å². The minimum atomic E-state index is -0.819. The number of hydrogen-bond donors (Lipinski definition) is 1. The van der Waals surface area contributed by atoms with Crippen LogP contribution >= 0.6 is 15.9 Å². The molecule has 0 saturated heterocycles. The first-order valence-electron chi connectivity index (χ1n) is 6.88. The van der Waals surface area contributed by atoms with Crippen LogP contribution in [0.3, 0.4) is 0 Å². The van der Waals surface area contributed by atoms with Crippen LogP contribution in [0.1, 0.15) is 30.5 Å². The van der Waals surface area contributed by atoms with Crippen LogP contribution in [0.5, 0.6) is 0 Å². The van der Waals surface area contributed by atoms with Crippen molar-refractivity contribution in [3.8, 4) is 0 Å². The van der Waals surface area contributed by atoms with Crippen molar-refractivity contribution in [2.24, 2.45) is 0 Å². The number of pyridine rings is 1. The zero-order chi connectivity index (χ0) is 15.2. The molecular weight excluding hydrogens is 338 g/mol. The monoisotopic (exact) mass is 354 g/mol. The van der Waals surface area contributed by atoms with Crippen molar-refractivity contribution in [3.05, 3.63) is 63.9 Å². The van der Waals surface area contributed by atoms with Crippen molar-refractivity contribution >= 4 is 15.9 Å². The van der Waals surface area contributed by atoms with E-state index in [0.717, 1.165) is 28.6 Å². The van der Waals surface area contributed by atoms with Gasteiger partial charge in [-0.2, -0.15) is 0 Å². The van der Waals surface area contributed by atoms with Gasteiger partial charge in [0.1, 0.15) is 0 Å². The summed E-state index contributed by atoms with van der Waals surface area (Å²) < 4.78 is 27.2. The molecule has 0 saturated carbocycles. The molecule has 0 bridgehead atoms. The van der Waals surface area contributed by atoms with E-state index in [2.05, 4.69) is 33.2 Å². The van der Waals surface area contributed by atoms with Crippen LogP contribution in [0.15, 0.2) is 41.1 Å².